The van der Waals surface area contributed by atoms with E-state index in [0.717, 1.165) is 64.5 Å². The number of carbonyl (C=O) groups excluding carboxylic acids is 1. The predicted octanol–water partition coefficient (Wildman–Crippen LogP) is 5.17. The maximum absolute atomic E-state index is 12.0. The molecule has 0 heterocycles. The minimum Gasteiger partial charge on any atom is -0.481 e. The fourth-order valence-corrected chi connectivity index (χ4v) is 3.62. The van der Waals surface area contributed by atoms with Crippen LogP contribution in [0.5, 0.6) is 0 Å². The molecule has 0 aromatic carbocycles. The van der Waals surface area contributed by atoms with Crippen LogP contribution in [0.1, 0.15) is 110 Å². The van der Waals surface area contributed by atoms with Crippen molar-refractivity contribution >= 4 is 11.9 Å². The van der Waals surface area contributed by atoms with E-state index in [1.165, 1.54) is 32.1 Å². The molecule has 0 aliphatic rings. The molecule has 0 aliphatic carbocycles. The van der Waals surface area contributed by atoms with Gasteiger partial charge in [-0.2, -0.15) is 0 Å². The summed E-state index contributed by atoms with van der Waals surface area (Å²) in [7, 11) is 0. The zero-order valence-electron chi connectivity index (χ0n) is 19.6. The number of esters is 1. The van der Waals surface area contributed by atoms with Crippen molar-refractivity contribution < 1.29 is 24.5 Å². The third kappa shape index (κ3) is 20.1. The number of carbonyl (C=O) groups is 2. The summed E-state index contributed by atoms with van der Waals surface area (Å²) >= 11 is 0. The number of hydrogen-bond donors (Lipinski definition) is 2. The van der Waals surface area contributed by atoms with E-state index in [-0.39, 0.29) is 25.1 Å². The average molecular weight is 430 g/mol. The zero-order chi connectivity index (χ0) is 22.5. The predicted molar refractivity (Wildman–Crippen MR) is 122 cm³/mol. The van der Waals surface area contributed by atoms with Crippen LogP contribution in [0.2, 0.25) is 0 Å². The Hall–Kier alpha value is -1.14. The smallest absolute Gasteiger partial charge is 0.306 e. The van der Waals surface area contributed by atoms with Crippen LogP contribution in [0, 0.1) is 0 Å². The third-order valence-electron chi connectivity index (χ3n) is 5.43. The Kier molecular flexibility index (Phi) is 20.3. The molecule has 6 nitrogen and oxygen atoms in total. The molecular weight excluding hydrogens is 382 g/mol. The highest BCUT2D eigenvalue weighted by Gasteiger charge is 2.11. The van der Waals surface area contributed by atoms with E-state index < -0.39 is 5.97 Å². The summed E-state index contributed by atoms with van der Waals surface area (Å²) in [5.41, 5.74) is 0. The Morgan fingerprint density at radius 3 is 2.07 bits per heavy atom. The van der Waals surface area contributed by atoms with E-state index in [1.807, 2.05) is 6.92 Å². The second kappa shape index (κ2) is 21.1. The number of carboxylic acids is 1. The minimum absolute atomic E-state index is 0.00153. The largest absolute Gasteiger partial charge is 0.481 e. The highest BCUT2D eigenvalue weighted by atomic mass is 16.5. The summed E-state index contributed by atoms with van der Waals surface area (Å²) in [5, 5.41) is 17.9. The third-order valence-corrected chi connectivity index (χ3v) is 5.43. The second-order valence-corrected chi connectivity index (χ2v) is 8.44. The van der Waals surface area contributed by atoms with Crippen molar-refractivity contribution in [1.82, 2.24) is 4.90 Å². The lowest BCUT2D eigenvalue weighted by Crippen LogP contribution is -2.29. The Morgan fingerprint density at radius 2 is 1.40 bits per heavy atom. The van der Waals surface area contributed by atoms with Crippen LogP contribution in [-0.4, -0.2) is 59.4 Å². The van der Waals surface area contributed by atoms with Gasteiger partial charge in [0.15, 0.2) is 0 Å². The lowest BCUT2D eigenvalue weighted by atomic mass is 10.1. The molecule has 0 aromatic rings. The first-order valence-electron chi connectivity index (χ1n) is 12.2. The number of carboxylic acid groups (broad SMARTS) is 1. The first-order chi connectivity index (χ1) is 14.5. The molecule has 178 valence electrons. The van der Waals surface area contributed by atoms with E-state index in [2.05, 4.69) is 11.8 Å². The summed E-state index contributed by atoms with van der Waals surface area (Å²) in [6, 6.07) is 0. The van der Waals surface area contributed by atoms with Gasteiger partial charge in [-0.05, 0) is 52.1 Å². The van der Waals surface area contributed by atoms with E-state index in [4.69, 9.17) is 9.84 Å². The van der Waals surface area contributed by atoms with Gasteiger partial charge in [-0.15, -0.1) is 0 Å². The topological polar surface area (TPSA) is 87.1 Å². The monoisotopic (exact) mass is 429 g/mol. The van der Waals surface area contributed by atoms with E-state index >= 15 is 0 Å². The highest BCUT2D eigenvalue weighted by Crippen LogP contribution is 2.11. The normalized spacial score (nSPS) is 12.3. The van der Waals surface area contributed by atoms with Gasteiger partial charge in [0.2, 0.25) is 0 Å². The van der Waals surface area contributed by atoms with Crippen LogP contribution >= 0.6 is 0 Å². The molecule has 0 spiro atoms. The molecule has 0 bridgehead atoms. The maximum Gasteiger partial charge on any atom is 0.306 e. The van der Waals surface area contributed by atoms with Gasteiger partial charge in [0.25, 0.3) is 0 Å². The number of aliphatic hydroxyl groups excluding tert-OH is 1. The molecule has 0 aliphatic heterocycles. The van der Waals surface area contributed by atoms with E-state index in [0.29, 0.717) is 13.0 Å². The van der Waals surface area contributed by atoms with Crippen LogP contribution < -0.4 is 0 Å². The second-order valence-electron chi connectivity index (χ2n) is 8.44. The summed E-state index contributed by atoms with van der Waals surface area (Å²) in [6.45, 7) is 6.65. The molecule has 0 aromatic heterocycles. The van der Waals surface area contributed by atoms with Crippen LogP contribution in [0.25, 0.3) is 0 Å². The molecule has 0 amide bonds. The van der Waals surface area contributed by atoms with Crippen LogP contribution in [-0.2, 0) is 14.3 Å². The minimum atomic E-state index is -0.723. The Balaban J connectivity index is 3.76. The van der Waals surface area contributed by atoms with Gasteiger partial charge in [0.1, 0.15) is 0 Å². The van der Waals surface area contributed by atoms with Crippen molar-refractivity contribution in [3.63, 3.8) is 0 Å². The molecule has 0 radical (unpaired) electrons. The van der Waals surface area contributed by atoms with Crippen molar-refractivity contribution in [2.24, 2.45) is 0 Å². The van der Waals surface area contributed by atoms with Crippen LogP contribution in [0.3, 0.4) is 0 Å². The molecule has 0 saturated heterocycles. The fourth-order valence-electron chi connectivity index (χ4n) is 3.62. The summed E-state index contributed by atoms with van der Waals surface area (Å²) in [5.74, 6) is -0.838. The van der Waals surface area contributed by atoms with Gasteiger partial charge in [-0.3, -0.25) is 9.59 Å². The van der Waals surface area contributed by atoms with Crippen molar-refractivity contribution in [2.45, 2.75) is 116 Å². The quantitative estimate of drug-likeness (QED) is 0.182. The number of aliphatic hydroxyl groups is 1. The van der Waals surface area contributed by atoms with Crippen LogP contribution in [0.15, 0.2) is 0 Å². The standard InChI is InChI=1S/C24H47NO5/c1-3-4-5-6-8-11-15-22(2)30-24(29)17-14-19-25(20-21-26)18-13-10-7-9-12-16-23(27)28/h22,26H,3-21H2,1-2H3,(H,27,28). The molecule has 0 fully saturated rings. The van der Waals surface area contributed by atoms with Gasteiger partial charge < -0.3 is 19.8 Å². The molecule has 1 unspecified atom stereocenters. The summed E-state index contributed by atoms with van der Waals surface area (Å²) < 4.78 is 5.52. The number of nitrogens with zero attached hydrogens (tertiary/aromatic N) is 1. The number of unbranched alkanes of at least 4 members (excludes halogenated alkanes) is 9. The maximum atomic E-state index is 12.0. The molecule has 0 saturated carbocycles. The number of rotatable bonds is 22. The van der Waals surface area contributed by atoms with Gasteiger partial charge in [0.05, 0.1) is 12.7 Å². The average Bonchev–Trinajstić information content (AvgIpc) is 2.69. The highest BCUT2D eigenvalue weighted by molar-refractivity contribution is 5.69. The van der Waals surface area contributed by atoms with Crippen molar-refractivity contribution in [2.75, 3.05) is 26.2 Å². The Labute approximate surface area is 184 Å². The zero-order valence-corrected chi connectivity index (χ0v) is 19.6. The number of ether oxygens (including phenoxy) is 1. The van der Waals surface area contributed by atoms with Gasteiger partial charge >= 0.3 is 11.9 Å². The van der Waals surface area contributed by atoms with E-state index in [9.17, 15) is 14.7 Å². The molecule has 2 N–H and O–H groups in total. The SMILES string of the molecule is CCCCCCCCC(C)OC(=O)CCCN(CCO)CCCCCCCC(=O)O. The lowest BCUT2D eigenvalue weighted by molar-refractivity contribution is -0.148. The Bertz CT molecular complexity index is 416. The first kappa shape index (κ1) is 28.9. The summed E-state index contributed by atoms with van der Waals surface area (Å²) in [6.07, 6.45) is 14.7. The fraction of sp³-hybridized carbons (Fsp3) is 0.917. The summed E-state index contributed by atoms with van der Waals surface area (Å²) in [4.78, 5) is 24.7. The van der Waals surface area contributed by atoms with Gasteiger partial charge in [-0.25, -0.2) is 0 Å². The van der Waals surface area contributed by atoms with Gasteiger partial charge in [-0.1, -0.05) is 58.3 Å². The van der Waals surface area contributed by atoms with Crippen molar-refractivity contribution in [3.05, 3.63) is 0 Å². The van der Waals surface area contributed by atoms with Crippen LogP contribution in [0.4, 0.5) is 0 Å². The lowest BCUT2D eigenvalue weighted by Gasteiger charge is -2.21. The van der Waals surface area contributed by atoms with E-state index in [1.54, 1.807) is 0 Å². The molecular formula is C24H47NO5. The first-order valence-corrected chi connectivity index (χ1v) is 12.2. The molecule has 0 rings (SSSR count). The molecule has 1 atom stereocenters. The molecule has 6 heteroatoms. The number of hydrogen-bond acceptors (Lipinski definition) is 5. The van der Waals surface area contributed by atoms with Gasteiger partial charge in [0, 0.05) is 19.4 Å². The molecule has 30 heavy (non-hydrogen) atoms. The number of aliphatic carboxylic acids is 1. The Morgan fingerprint density at radius 1 is 0.800 bits per heavy atom. The van der Waals surface area contributed by atoms with Crippen molar-refractivity contribution in [3.8, 4) is 0 Å². The van der Waals surface area contributed by atoms with Crippen molar-refractivity contribution in [1.29, 1.82) is 0 Å².